The molecule has 0 unspecified atom stereocenters. The van der Waals surface area contributed by atoms with Gasteiger partial charge in [-0.2, -0.15) is 5.10 Å². The number of carbonyl (C=O) groups is 1. The number of nitrogens with one attached hydrogen (secondary N) is 2. The molecule has 2 heterocycles. The zero-order chi connectivity index (χ0) is 26.0. The van der Waals surface area contributed by atoms with Gasteiger partial charge in [0.1, 0.15) is 0 Å². The molecular formula is C31H35N5O2. The van der Waals surface area contributed by atoms with Crippen molar-refractivity contribution in [2.75, 3.05) is 51.3 Å². The number of morpholine rings is 1. The molecule has 0 aliphatic carbocycles. The van der Waals surface area contributed by atoms with Crippen molar-refractivity contribution in [3.63, 3.8) is 0 Å². The lowest BCUT2D eigenvalue weighted by Crippen LogP contribution is -2.44. The minimum Gasteiger partial charge on any atom is -0.379 e. The normalized spacial score (nSPS) is 13.9. The lowest BCUT2D eigenvalue weighted by Gasteiger charge is -2.31. The average Bonchev–Trinajstić information content (AvgIpc) is 3.45. The van der Waals surface area contributed by atoms with Crippen LogP contribution in [-0.4, -0.2) is 72.0 Å². The van der Waals surface area contributed by atoms with E-state index in [0.29, 0.717) is 18.9 Å². The molecule has 0 saturated carbocycles. The van der Waals surface area contributed by atoms with Crippen LogP contribution in [0.5, 0.6) is 0 Å². The van der Waals surface area contributed by atoms with Crippen molar-refractivity contribution in [1.82, 2.24) is 20.0 Å². The first-order chi connectivity index (χ1) is 18.8. The average molecular weight is 510 g/mol. The van der Waals surface area contributed by atoms with Crippen molar-refractivity contribution >= 4 is 11.8 Å². The molecule has 0 radical (unpaired) electrons. The molecular weight excluding hydrogens is 474 g/mol. The number of carbonyl (C=O) groups excluding carboxylic acids is 1. The van der Waals surface area contributed by atoms with Crippen molar-refractivity contribution in [3.05, 3.63) is 108 Å². The van der Waals surface area contributed by atoms with Gasteiger partial charge in [-0.3, -0.25) is 15.3 Å². The smallest absolute Gasteiger partial charge is 0.323 e. The van der Waals surface area contributed by atoms with Crippen molar-refractivity contribution in [2.24, 2.45) is 0 Å². The number of benzene rings is 3. The Hall–Kier alpha value is -3.94. The zero-order valence-corrected chi connectivity index (χ0v) is 21.6. The Labute approximate surface area is 224 Å². The number of nitrogens with zero attached hydrogens (tertiary/aromatic N) is 3. The molecule has 1 saturated heterocycles. The third-order valence-corrected chi connectivity index (χ3v) is 7.07. The van der Waals surface area contributed by atoms with Crippen LogP contribution in [0.4, 0.5) is 10.6 Å². The standard InChI is InChI=1S/C31H35N5O2/c37-31(32-30-24-29(33-34-30)27-14-8-3-9-15-27)36(19-18-35-20-22-38-23-21-35)17-16-28(25-10-4-1-5-11-25)26-12-6-2-7-13-26/h1-15,24,28H,16-23H2,(H2,32,33,34,37). The van der Waals surface area contributed by atoms with Gasteiger partial charge >= 0.3 is 6.03 Å². The predicted molar refractivity (Wildman–Crippen MR) is 151 cm³/mol. The molecule has 5 rings (SSSR count). The fourth-order valence-electron chi connectivity index (χ4n) is 4.92. The van der Waals surface area contributed by atoms with Crippen molar-refractivity contribution in [2.45, 2.75) is 12.3 Å². The quantitative estimate of drug-likeness (QED) is 0.298. The van der Waals surface area contributed by atoms with E-state index < -0.39 is 0 Å². The summed E-state index contributed by atoms with van der Waals surface area (Å²) in [6.45, 7) is 5.35. The fourth-order valence-corrected chi connectivity index (χ4v) is 4.92. The van der Waals surface area contributed by atoms with Gasteiger partial charge in [0.15, 0.2) is 5.82 Å². The Bertz CT molecular complexity index is 1220. The monoisotopic (exact) mass is 509 g/mol. The number of hydrogen-bond acceptors (Lipinski definition) is 4. The highest BCUT2D eigenvalue weighted by atomic mass is 16.5. The van der Waals surface area contributed by atoms with E-state index in [9.17, 15) is 4.79 Å². The van der Waals surface area contributed by atoms with Crippen LogP contribution in [0.2, 0.25) is 0 Å². The maximum absolute atomic E-state index is 13.5. The first kappa shape index (κ1) is 25.7. The van der Waals surface area contributed by atoms with E-state index >= 15 is 0 Å². The molecule has 196 valence electrons. The second-order valence-electron chi connectivity index (χ2n) is 9.57. The maximum Gasteiger partial charge on any atom is 0.323 e. The third-order valence-electron chi connectivity index (χ3n) is 7.07. The Balaban J connectivity index is 1.30. The summed E-state index contributed by atoms with van der Waals surface area (Å²) in [5.74, 6) is 0.721. The molecule has 2 amide bonds. The van der Waals surface area contributed by atoms with Gasteiger partial charge in [-0.15, -0.1) is 0 Å². The molecule has 1 aliphatic rings. The van der Waals surface area contributed by atoms with Gasteiger partial charge in [0.05, 0.1) is 18.9 Å². The number of urea groups is 1. The van der Waals surface area contributed by atoms with E-state index in [-0.39, 0.29) is 11.9 Å². The number of H-pyrrole nitrogens is 1. The molecule has 38 heavy (non-hydrogen) atoms. The summed E-state index contributed by atoms with van der Waals surface area (Å²) >= 11 is 0. The molecule has 0 spiro atoms. The van der Waals surface area contributed by atoms with Gasteiger partial charge in [0.2, 0.25) is 0 Å². The second-order valence-corrected chi connectivity index (χ2v) is 9.57. The first-order valence-corrected chi connectivity index (χ1v) is 13.3. The lowest BCUT2D eigenvalue weighted by atomic mass is 9.88. The highest BCUT2D eigenvalue weighted by Crippen LogP contribution is 2.28. The van der Waals surface area contributed by atoms with Crippen LogP contribution >= 0.6 is 0 Å². The Morgan fingerprint density at radius 2 is 1.50 bits per heavy atom. The number of amides is 2. The molecule has 2 N–H and O–H groups in total. The van der Waals surface area contributed by atoms with Gasteiger partial charge in [0, 0.05) is 44.7 Å². The molecule has 7 nitrogen and oxygen atoms in total. The van der Waals surface area contributed by atoms with E-state index in [1.54, 1.807) is 0 Å². The summed E-state index contributed by atoms with van der Waals surface area (Å²) in [5, 5.41) is 10.4. The van der Waals surface area contributed by atoms with Crippen LogP contribution < -0.4 is 5.32 Å². The van der Waals surface area contributed by atoms with Crippen LogP contribution in [0, 0.1) is 0 Å². The van der Waals surface area contributed by atoms with Crippen LogP contribution in [0.3, 0.4) is 0 Å². The van der Waals surface area contributed by atoms with Crippen LogP contribution in [-0.2, 0) is 4.74 Å². The van der Waals surface area contributed by atoms with Crippen molar-refractivity contribution in [3.8, 4) is 11.3 Å². The summed E-state index contributed by atoms with van der Waals surface area (Å²) in [4.78, 5) is 17.8. The predicted octanol–water partition coefficient (Wildman–Crippen LogP) is 5.47. The first-order valence-electron chi connectivity index (χ1n) is 13.3. The van der Waals surface area contributed by atoms with Crippen LogP contribution in [0.1, 0.15) is 23.5 Å². The summed E-state index contributed by atoms with van der Waals surface area (Å²) in [6.07, 6.45) is 0.820. The highest BCUT2D eigenvalue weighted by molar-refractivity contribution is 5.89. The SMILES string of the molecule is O=C(Nc1cc(-c2ccccc2)[nH]n1)N(CCC(c1ccccc1)c1ccccc1)CCN1CCOCC1. The van der Waals surface area contributed by atoms with Gasteiger partial charge in [0.25, 0.3) is 0 Å². The number of hydrogen-bond donors (Lipinski definition) is 2. The summed E-state index contributed by atoms with van der Waals surface area (Å²) < 4.78 is 5.50. The molecule has 4 aromatic rings. The van der Waals surface area contributed by atoms with E-state index in [1.165, 1.54) is 11.1 Å². The van der Waals surface area contributed by atoms with Crippen LogP contribution in [0.25, 0.3) is 11.3 Å². The summed E-state index contributed by atoms with van der Waals surface area (Å²) in [5.41, 5.74) is 4.41. The largest absolute Gasteiger partial charge is 0.379 e. The fraction of sp³-hybridized carbons (Fsp3) is 0.290. The van der Waals surface area contributed by atoms with Crippen molar-refractivity contribution < 1.29 is 9.53 Å². The number of rotatable bonds is 10. The highest BCUT2D eigenvalue weighted by Gasteiger charge is 2.21. The molecule has 7 heteroatoms. The molecule has 1 aliphatic heterocycles. The van der Waals surface area contributed by atoms with E-state index in [4.69, 9.17) is 4.74 Å². The minimum absolute atomic E-state index is 0.135. The summed E-state index contributed by atoms with van der Waals surface area (Å²) in [7, 11) is 0. The third kappa shape index (κ3) is 6.88. The van der Waals surface area contributed by atoms with E-state index in [1.807, 2.05) is 53.4 Å². The van der Waals surface area contributed by atoms with Gasteiger partial charge in [-0.25, -0.2) is 4.79 Å². The summed E-state index contributed by atoms with van der Waals surface area (Å²) in [6, 6.07) is 32.8. The van der Waals surface area contributed by atoms with E-state index in [0.717, 1.165) is 50.5 Å². The molecule has 3 aromatic carbocycles. The number of ether oxygens (including phenoxy) is 1. The number of aromatic amines is 1. The molecule has 0 bridgehead atoms. The zero-order valence-electron chi connectivity index (χ0n) is 21.6. The second kappa shape index (κ2) is 13.0. The Kier molecular flexibility index (Phi) is 8.81. The Morgan fingerprint density at radius 1 is 0.895 bits per heavy atom. The topological polar surface area (TPSA) is 73.5 Å². The molecule has 1 fully saturated rings. The minimum atomic E-state index is -0.135. The molecule has 1 aromatic heterocycles. The van der Waals surface area contributed by atoms with Gasteiger partial charge < -0.3 is 9.64 Å². The van der Waals surface area contributed by atoms with Crippen LogP contribution in [0.15, 0.2) is 97.1 Å². The van der Waals surface area contributed by atoms with Gasteiger partial charge in [-0.05, 0) is 23.1 Å². The van der Waals surface area contributed by atoms with Gasteiger partial charge in [-0.1, -0.05) is 91.0 Å². The number of anilines is 1. The maximum atomic E-state index is 13.5. The molecule has 0 atom stereocenters. The Morgan fingerprint density at radius 3 is 2.13 bits per heavy atom. The van der Waals surface area contributed by atoms with Crippen molar-refractivity contribution in [1.29, 1.82) is 0 Å². The van der Waals surface area contributed by atoms with E-state index in [2.05, 4.69) is 68.9 Å². The lowest BCUT2D eigenvalue weighted by molar-refractivity contribution is 0.0351. The number of aromatic nitrogens is 2.